The van der Waals surface area contributed by atoms with Crippen molar-refractivity contribution >= 4 is 18.3 Å². The average Bonchev–Trinajstić information content (AvgIpc) is 3.35. The lowest BCUT2D eigenvalue weighted by Gasteiger charge is -2.32. The van der Waals surface area contributed by atoms with Crippen LogP contribution >= 0.6 is 0 Å². The Morgan fingerprint density at radius 3 is 2.76 bits per heavy atom. The van der Waals surface area contributed by atoms with Gasteiger partial charge in [-0.2, -0.15) is 0 Å². The van der Waals surface area contributed by atoms with Gasteiger partial charge in [-0.1, -0.05) is 42.5 Å². The number of ether oxygens (including phenoxy) is 1. The summed E-state index contributed by atoms with van der Waals surface area (Å²) in [6, 6.07) is 9.92. The molecule has 0 bridgehead atoms. The molecule has 3 fully saturated rings. The van der Waals surface area contributed by atoms with E-state index in [9.17, 15) is 9.59 Å². The summed E-state index contributed by atoms with van der Waals surface area (Å²) in [4.78, 5) is 37.5. The second-order valence-electron chi connectivity index (χ2n) is 7.49. The van der Waals surface area contributed by atoms with Gasteiger partial charge in [-0.15, -0.1) is 0 Å². The number of allylic oxidation sites excluding steroid dienone is 2. The summed E-state index contributed by atoms with van der Waals surface area (Å²) in [5.41, 5.74) is 0.482. The maximum absolute atomic E-state index is 12.7. The van der Waals surface area contributed by atoms with E-state index in [1.807, 2.05) is 53.1 Å². The molecule has 3 atom stereocenters. The van der Waals surface area contributed by atoms with Crippen molar-refractivity contribution in [3.63, 3.8) is 0 Å². The van der Waals surface area contributed by atoms with Crippen molar-refractivity contribution in [2.24, 2.45) is 0 Å². The molecule has 29 heavy (non-hydrogen) atoms. The fraction of sp³-hybridized carbons (Fsp3) is 0.500. The van der Waals surface area contributed by atoms with Crippen LogP contribution < -0.4 is 0 Å². The lowest BCUT2D eigenvalue weighted by Crippen LogP contribution is -2.48. The van der Waals surface area contributed by atoms with Crippen LogP contribution in [0.15, 0.2) is 42.5 Å². The highest BCUT2D eigenvalue weighted by Crippen LogP contribution is 2.50. The quantitative estimate of drug-likeness (QED) is 0.467. The van der Waals surface area contributed by atoms with Gasteiger partial charge in [0.25, 0.3) is 6.47 Å². The lowest BCUT2D eigenvalue weighted by atomic mass is 10.1. The van der Waals surface area contributed by atoms with Crippen molar-refractivity contribution in [1.29, 1.82) is 0 Å². The lowest BCUT2D eigenvalue weighted by molar-refractivity contribution is -0.142. The van der Waals surface area contributed by atoms with Gasteiger partial charge in [-0.05, 0) is 25.3 Å². The number of carbonyl (C=O) groups excluding carboxylic acids is 2. The van der Waals surface area contributed by atoms with E-state index < -0.39 is 5.72 Å². The second-order valence-corrected chi connectivity index (χ2v) is 7.49. The number of nitrogens with zero attached hydrogens (tertiary/aromatic N) is 2. The molecule has 0 aliphatic carbocycles. The number of unbranched alkanes of at least 4 members (excludes halogenated alkanes) is 1. The van der Waals surface area contributed by atoms with Gasteiger partial charge in [0.1, 0.15) is 6.10 Å². The standard InChI is InChI=1S/C21H26N2O3.CH2O2/c1-2-3-4-8-11-19(24)22-13-12-21-18(22)14-20(25)23(21)15-17(26-21)16-9-6-5-7-10-16;2-1-3/h2-3,5-7,9-10,17-18H,4,8,11-15H2,1H3;1H,(H,2,3)/b3-2+;/t17-,18+,21-;/m0./s1. The molecule has 156 valence electrons. The highest BCUT2D eigenvalue weighted by Gasteiger charge is 2.64. The molecule has 0 unspecified atom stereocenters. The molecule has 3 heterocycles. The van der Waals surface area contributed by atoms with Crippen molar-refractivity contribution in [2.75, 3.05) is 13.1 Å². The van der Waals surface area contributed by atoms with E-state index in [0.29, 0.717) is 32.4 Å². The first-order valence-electron chi connectivity index (χ1n) is 10.1. The van der Waals surface area contributed by atoms with Crippen LogP contribution in [0, 0.1) is 0 Å². The molecule has 1 aromatic rings. The van der Waals surface area contributed by atoms with Crippen LogP contribution in [0.4, 0.5) is 0 Å². The van der Waals surface area contributed by atoms with Crippen molar-refractivity contribution in [2.45, 2.75) is 56.9 Å². The third kappa shape index (κ3) is 4.05. The summed E-state index contributed by atoms with van der Waals surface area (Å²) < 4.78 is 6.48. The van der Waals surface area contributed by atoms with Gasteiger partial charge in [0.05, 0.1) is 19.0 Å². The van der Waals surface area contributed by atoms with Gasteiger partial charge in [-0.25, -0.2) is 0 Å². The molecule has 0 radical (unpaired) electrons. The zero-order valence-electron chi connectivity index (χ0n) is 16.7. The van der Waals surface area contributed by atoms with Gasteiger partial charge in [-0.3, -0.25) is 14.4 Å². The second kappa shape index (κ2) is 9.22. The van der Waals surface area contributed by atoms with Gasteiger partial charge >= 0.3 is 0 Å². The monoisotopic (exact) mass is 400 g/mol. The molecule has 3 saturated heterocycles. The van der Waals surface area contributed by atoms with Crippen LogP contribution in [0.2, 0.25) is 0 Å². The van der Waals surface area contributed by atoms with E-state index in [-0.39, 0.29) is 30.4 Å². The maximum Gasteiger partial charge on any atom is 0.290 e. The van der Waals surface area contributed by atoms with Gasteiger partial charge in [0, 0.05) is 19.4 Å². The first-order chi connectivity index (χ1) is 14.1. The first kappa shape index (κ1) is 21.0. The minimum atomic E-state index is -0.615. The summed E-state index contributed by atoms with van der Waals surface area (Å²) in [5.74, 6) is 0.262. The van der Waals surface area contributed by atoms with Gasteiger partial charge in [0.2, 0.25) is 11.8 Å². The van der Waals surface area contributed by atoms with E-state index in [4.69, 9.17) is 14.6 Å². The number of amides is 2. The fourth-order valence-electron chi connectivity index (χ4n) is 4.65. The summed E-state index contributed by atoms with van der Waals surface area (Å²) in [6.07, 6.45) is 7.41. The Bertz CT molecular complexity index is 766. The Morgan fingerprint density at radius 2 is 2.07 bits per heavy atom. The summed E-state index contributed by atoms with van der Waals surface area (Å²) in [7, 11) is 0. The number of likely N-dealkylation sites (tertiary alicyclic amines) is 1. The SMILES string of the molecule is C/C=C/CCCC(=O)N1CC[C@@]23O[C@H](c4ccccc4)CN2C(=O)C[C@@H]13.O=CO. The highest BCUT2D eigenvalue weighted by atomic mass is 16.5. The maximum atomic E-state index is 12.7. The van der Waals surface area contributed by atoms with Crippen molar-refractivity contribution in [1.82, 2.24) is 9.80 Å². The smallest absolute Gasteiger partial charge is 0.290 e. The molecule has 1 N–H and O–H groups in total. The molecule has 1 spiro atoms. The van der Waals surface area contributed by atoms with Crippen molar-refractivity contribution < 1.29 is 24.2 Å². The molecule has 2 amide bonds. The van der Waals surface area contributed by atoms with Crippen LogP contribution in [0.1, 0.15) is 50.7 Å². The Hall–Kier alpha value is -2.67. The van der Waals surface area contributed by atoms with E-state index in [2.05, 4.69) is 6.08 Å². The topological polar surface area (TPSA) is 87.2 Å². The Balaban J connectivity index is 0.000000755. The third-order valence-corrected chi connectivity index (χ3v) is 5.92. The molecule has 3 aliphatic heterocycles. The summed E-state index contributed by atoms with van der Waals surface area (Å²) in [6.45, 7) is 3.01. The Morgan fingerprint density at radius 1 is 1.34 bits per heavy atom. The van der Waals surface area contributed by atoms with Crippen LogP contribution in [0.25, 0.3) is 0 Å². The molecule has 1 aromatic carbocycles. The molecule has 0 saturated carbocycles. The summed E-state index contributed by atoms with van der Waals surface area (Å²) >= 11 is 0. The van der Waals surface area contributed by atoms with E-state index in [1.54, 1.807) is 0 Å². The average molecular weight is 400 g/mol. The van der Waals surface area contributed by atoms with Crippen LogP contribution in [-0.2, 0) is 19.1 Å². The number of hydrogen-bond acceptors (Lipinski definition) is 4. The van der Waals surface area contributed by atoms with E-state index in [0.717, 1.165) is 18.4 Å². The minimum Gasteiger partial charge on any atom is -0.483 e. The largest absolute Gasteiger partial charge is 0.483 e. The Labute approximate surface area is 170 Å². The van der Waals surface area contributed by atoms with Crippen LogP contribution in [0.5, 0.6) is 0 Å². The van der Waals surface area contributed by atoms with Crippen LogP contribution in [-0.4, -0.2) is 58.0 Å². The molecule has 7 heteroatoms. The molecule has 4 rings (SSSR count). The predicted molar refractivity (Wildman–Crippen MR) is 107 cm³/mol. The third-order valence-electron chi connectivity index (χ3n) is 5.92. The highest BCUT2D eigenvalue weighted by molar-refractivity contribution is 5.84. The number of hydrogen-bond donors (Lipinski definition) is 1. The number of carbonyl (C=O) groups is 3. The molecule has 0 aromatic heterocycles. The Kier molecular flexibility index (Phi) is 6.69. The number of rotatable bonds is 5. The van der Waals surface area contributed by atoms with Crippen molar-refractivity contribution in [3.05, 3.63) is 48.0 Å². The van der Waals surface area contributed by atoms with Gasteiger partial charge in [0.15, 0.2) is 5.72 Å². The van der Waals surface area contributed by atoms with Gasteiger partial charge < -0.3 is 19.6 Å². The molecule has 7 nitrogen and oxygen atoms in total. The minimum absolute atomic E-state index is 0.104. The molecular weight excluding hydrogens is 372 g/mol. The number of carboxylic acid groups (broad SMARTS) is 1. The van der Waals surface area contributed by atoms with E-state index >= 15 is 0 Å². The zero-order chi connectivity index (χ0) is 20.9. The molecule has 3 aliphatic rings. The fourth-order valence-corrected chi connectivity index (χ4v) is 4.65. The van der Waals surface area contributed by atoms with E-state index in [1.165, 1.54) is 0 Å². The molecular formula is C22H28N2O5. The first-order valence-corrected chi connectivity index (χ1v) is 10.1. The summed E-state index contributed by atoms with van der Waals surface area (Å²) in [5, 5.41) is 6.89. The zero-order valence-corrected chi connectivity index (χ0v) is 16.7. The number of benzene rings is 1. The predicted octanol–water partition coefficient (Wildman–Crippen LogP) is 2.73. The van der Waals surface area contributed by atoms with Crippen LogP contribution in [0.3, 0.4) is 0 Å². The van der Waals surface area contributed by atoms with Crippen molar-refractivity contribution in [3.8, 4) is 0 Å². The normalized spacial score (nSPS) is 27.6.